The number of ether oxygens (including phenoxy) is 1. The maximum atomic E-state index is 11.8. The van der Waals surface area contributed by atoms with Gasteiger partial charge in [-0.2, -0.15) is 0 Å². The molecule has 0 aliphatic carbocycles. The lowest BCUT2D eigenvalue weighted by atomic mass is 10.2. The van der Waals surface area contributed by atoms with Crippen LogP contribution in [0.25, 0.3) is 0 Å². The van der Waals surface area contributed by atoms with E-state index >= 15 is 0 Å². The van der Waals surface area contributed by atoms with Gasteiger partial charge in [0.1, 0.15) is 14.8 Å². The number of halogens is 2. The fourth-order valence-corrected chi connectivity index (χ4v) is 3.31. The zero-order chi connectivity index (χ0) is 15.6. The number of amides is 1. The Bertz CT molecular complexity index is 511. The maximum absolute atomic E-state index is 11.8. The number of nitrogens with one attached hydrogen (secondary N) is 1. The molecule has 2 rings (SSSR count). The molecule has 0 radical (unpaired) electrons. The van der Waals surface area contributed by atoms with Gasteiger partial charge in [0.2, 0.25) is 0 Å². The first kappa shape index (κ1) is 16.5. The fraction of sp³-hybridized carbons (Fsp3) is 0.571. The molecule has 1 aliphatic heterocycles. The van der Waals surface area contributed by atoms with Crippen molar-refractivity contribution in [3.05, 3.63) is 21.3 Å². The molecule has 0 spiro atoms. The SMILES string of the molecule is CC(C)(C)OC(=O)NC1CCN(c2cc(Br)nc(Br)c2)C1. The predicted molar refractivity (Wildman–Crippen MR) is 89.6 cm³/mol. The number of carbonyl (C=O) groups excluding carboxylic acids is 1. The normalized spacial score (nSPS) is 18.7. The van der Waals surface area contributed by atoms with Crippen molar-refractivity contribution in [2.45, 2.75) is 38.8 Å². The van der Waals surface area contributed by atoms with Crippen LogP contribution in [0.3, 0.4) is 0 Å². The standard InChI is InChI=1S/C14H19Br2N3O2/c1-14(2,3)21-13(20)17-9-4-5-19(8-9)10-6-11(15)18-12(16)7-10/h6-7,9H,4-5,8H2,1-3H3,(H,17,20). The molecule has 1 fully saturated rings. The lowest BCUT2D eigenvalue weighted by Crippen LogP contribution is -2.40. The Morgan fingerprint density at radius 1 is 1.38 bits per heavy atom. The van der Waals surface area contributed by atoms with E-state index in [0.717, 1.165) is 34.4 Å². The van der Waals surface area contributed by atoms with Crippen LogP contribution in [0.4, 0.5) is 10.5 Å². The third-order valence-corrected chi connectivity index (χ3v) is 3.83. The van der Waals surface area contributed by atoms with E-state index < -0.39 is 5.60 Å². The first-order chi connectivity index (χ1) is 9.73. The van der Waals surface area contributed by atoms with Gasteiger partial charge in [0, 0.05) is 18.8 Å². The van der Waals surface area contributed by atoms with Crippen LogP contribution in [0.15, 0.2) is 21.3 Å². The van der Waals surface area contributed by atoms with Crippen molar-refractivity contribution in [3.63, 3.8) is 0 Å². The Morgan fingerprint density at radius 3 is 2.57 bits per heavy atom. The summed E-state index contributed by atoms with van der Waals surface area (Å²) in [5.41, 5.74) is 0.612. The van der Waals surface area contributed by atoms with Gasteiger partial charge in [-0.25, -0.2) is 9.78 Å². The van der Waals surface area contributed by atoms with E-state index in [1.807, 2.05) is 32.9 Å². The van der Waals surface area contributed by atoms with E-state index in [4.69, 9.17) is 4.74 Å². The number of carbonyl (C=O) groups is 1. The Kier molecular flexibility index (Phi) is 5.14. The molecular weight excluding hydrogens is 402 g/mol. The van der Waals surface area contributed by atoms with Crippen molar-refractivity contribution < 1.29 is 9.53 Å². The molecule has 116 valence electrons. The molecule has 0 saturated carbocycles. The summed E-state index contributed by atoms with van der Waals surface area (Å²) in [6.45, 7) is 7.24. The summed E-state index contributed by atoms with van der Waals surface area (Å²) in [5.74, 6) is 0. The van der Waals surface area contributed by atoms with Crippen molar-refractivity contribution in [1.82, 2.24) is 10.3 Å². The molecule has 0 bridgehead atoms. The van der Waals surface area contributed by atoms with Crippen LogP contribution in [-0.2, 0) is 4.74 Å². The largest absolute Gasteiger partial charge is 0.444 e. The van der Waals surface area contributed by atoms with E-state index in [1.165, 1.54) is 0 Å². The zero-order valence-electron chi connectivity index (χ0n) is 12.3. The summed E-state index contributed by atoms with van der Waals surface area (Å²) < 4.78 is 6.86. The summed E-state index contributed by atoms with van der Waals surface area (Å²) in [6.07, 6.45) is 0.544. The lowest BCUT2D eigenvalue weighted by molar-refractivity contribution is 0.0509. The van der Waals surface area contributed by atoms with Gasteiger partial charge in [-0.3, -0.25) is 0 Å². The maximum Gasteiger partial charge on any atom is 0.407 e. The number of anilines is 1. The van der Waals surface area contributed by atoms with Crippen LogP contribution < -0.4 is 10.2 Å². The number of rotatable bonds is 2. The van der Waals surface area contributed by atoms with Crippen molar-refractivity contribution in [2.24, 2.45) is 0 Å². The van der Waals surface area contributed by atoms with E-state index in [9.17, 15) is 4.79 Å². The predicted octanol–water partition coefficient (Wildman–Crippen LogP) is 3.71. The minimum absolute atomic E-state index is 0.102. The Labute approximate surface area is 141 Å². The molecule has 1 aromatic heterocycles. The van der Waals surface area contributed by atoms with Crippen LogP contribution in [0.5, 0.6) is 0 Å². The summed E-state index contributed by atoms with van der Waals surface area (Å²) in [4.78, 5) is 18.2. The quantitative estimate of drug-likeness (QED) is 0.741. The third-order valence-electron chi connectivity index (χ3n) is 3.02. The van der Waals surface area contributed by atoms with E-state index in [0.29, 0.717) is 0 Å². The Hall–Kier alpha value is -0.820. The molecule has 1 N–H and O–H groups in total. The second-order valence-corrected chi connectivity index (χ2v) is 7.67. The topological polar surface area (TPSA) is 54.5 Å². The van der Waals surface area contributed by atoms with Gasteiger partial charge >= 0.3 is 6.09 Å². The van der Waals surface area contributed by atoms with Crippen LogP contribution in [0.1, 0.15) is 27.2 Å². The van der Waals surface area contributed by atoms with Crippen molar-refractivity contribution in [1.29, 1.82) is 0 Å². The van der Waals surface area contributed by atoms with Gasteiger partial charge in [0.25, 0.3) is 0 Å². The van der Waals surface area contributed by atoms with E-state index in [1.54, 1.807) is 0 Å². The summed E-state index contributed by atoms with van der Waals surface area (Å²) in [6, 6.07) is 4.05. The van der Waals surface area contributed by atoms with Gasteiger partial charge in [0.05, 0.1) is 6.04 Å². The van der Waals surface area contributed by atoms with Crippen LogP contribution in [0.2, 0.25) is 0 Å². The van der Waals surface area contributed by atoms with Gasteiger partial charge in [-0.1, -0.05) is 0 Å². The second-order valence-electron chi connectivity index (χ2n) is 6.05. The molecule has 1 unspecified atom stereocenters. The highest BCUT2D eigenvalue weighted by molar-refractivity contribution is 9.11. The van der Waals surface area contributed by atoms with Crippen LogP contribution in [0, 0.1) is 0 Å². The molecule has 1 aromatic rings. The first-order valence-corrected chi connectivity index (χ1v) is 8.39. The number of hydrogen-bond acceptors (Lipinski definition) is 4. The average molecular weight is 421 g/mol. The molecular formula is C14H19Br2N3O2. The summed E-state index contributed by atoms with van der Waals surface area (Å²) in [7, 11) is 0. The minimum atomic E-state index is -0.469. The number of nitrogens with zero attached hydrogens (tertiary/aromatic N) is 2. The smallest absolute Gasteiger partial charge is 0.407 e. The number of pyridine rings is 1. The molecule has 5 nitrogen and oxygen atoms in total. The minimum Gasteiger partial charge on any atom is -0.444 e. The highest BCUT2D eigenvalue weighted by Crippen LogP contribution is 2.26. The van der Waals surface area contributed by atoms with Crippen LogP contribution >= 0.6 is 31.9 Å². The highest BCUT2D eigenvalue weighted by Gasteiger charge is 2.26. The van der Waals surface area contributed by atoms with Gasteiger partial charge in [-0.05, 0) is 71.2 Å². The average Bonchev–Trinajstić information content (AvgIpc) is 2.73. The van der Waals surface area contributed by atoms with E-state index in [-0.39, 0.29) is 12.1 Å². The van der Waals surface area contributed by atoms with Gasteiger partial charge in [0.15, 0.2) is 0 Å². The number of hydrogen-bond donors (Lipinski definition) is 1. The van der Waals surface area contributed by atoms with E-state index in [2.05, 4.69) is 47.1 Å². The molecule has 2 heterocycles. The van der Waals surface area contributed by atoms with Gasteiger partial charge < -0.3 is 15.0 Å². The molecule has 1 saturated heterocycles. The molecule has 1 aliphatic rings. The molecule has 0 aromatic carbocycles. The zero-order valence-corrected chi connectivity index (χ0v) is 15.5. The number of aromatic nitrogens is 1. The molecule has 21 heavy (non-hydrogen) atoms. The monoisotopic (exact) mass is 419 g/mol. The highest BCUT2D eigenvalue weighted by atomic mass is 79.9. The van der Waals surface area contributed by atoms with Crippen molar-refractivity contribution in [2.75, 3.05) is 18.0 Å². The molecule has 7 heteroatoms. The van der Waals surface area contributed by atoms with Gasteiger partial charge in [-0.15, -0.1) is 0 Å². The lowest BCUT2D eigenvalue weighted by Gasteiger charge is -2.22. The Balaban J connectivity index is 1.93. The second kappa shape index (κ2) is 6.52. The summed E-state index contributed by atoms with van der Waals surface area (Å²) >= 11 is 6.78. The first-order valence-electron chi connectivity index (χ1n) is 6.80. The number of alkyl carbamates (subject to hydrolysis) is 1. The fourth-order valence-electron chi connectivity index (χ4n) is 2.22. The third kappa shape index (κ3) is 5.14. The Morgan fingerprint density at radius 2 is 2.00 bits per heavy atom. The molecule has 1 atom stereocenters. The van der Waals surface area contributed by atoms with Crippen molar-refractivity contribution >= 4 is 43.6 Å². The summed E-state index contributed by atoms with van der Waals surface area (Å²) in [5, 5.41) is 2.92. The van der Waals surface area contributed by atoms with Crippen molar-refractivity contribution in [3.8, 4) is 0 Å². The van der Waals surface area contributed by atoms with Crippen LogP contribution in [-0.4, -0.2) is 35.8 Å². The molecule has 1 amide bonds.